The summed E-state index contributed by atoms with van der Waals surface area (Å²) in [5.41, 5.74) is 1.46. The van der Waals surface area contributed by atoms with E-state index in [2.05, 4.69) is 9.97 Å². The van der Waals surface area contributed by atoms with Crippen molar-refractivity contribution in [2.45, 2.75) is 18.4 Å². The lowest BCUT2D eigenvalue weighted by atomic mass is 10.0. The normalized spacial score (nSPS) is 20.7. The lowest BCUT2D eigenvalue weighted by Gasteiger charge is -2.10. The topological polar surface area (TPSA) is 38.3 Å². The number of nitrogens with zero attached hydrogens (tertiary/aromatic N) is 2. The molecule has 6 heteroatoms. The van der Waals surface area contributed by atoms with E-state index in [4.69, 9.17) is 4.74 Å². The number of rotatable bonds is 2. The Labute approximate surface area is 129 Å². The number of halogens is 3. The first-order chi connectivity index (χ1) is 11.0. The molecule has 0 amide bonds. The highest BCUT2D eigenvalue weighted by atomic mass is 19.4. The fourth-order valence-corrected chi connectivity index (χ4v) is 2.69. The van der Waals surface area contributed by atoms with E-state index in [0.29, 0.717) is 11.2 Å². The van der Waals surface area contributed by atoms with E-state index in [-0.39, 0.29) is 5.56 Å². The van der Waals surface area contributed by atoms with Gasteiger partial charge in [0.05, 0.1) is 28.5 Å². The van der Waals surface area contributed by atoms with Crippen LogP contribution in [0.2, 0.25) is 0 Å². The smallest absolute Gasteiger partial charge is 0.358 e. The third-order valence-electron chi connectivity index (χ3n) is 3.82. The van der Waals surface area contributed by atoms with Crippen LogP contribution in [0.25, 0.3) is 11.0 Å². The van der Waals surface area contributed by atoms with Gasteiger partial charge in [-0.15, -0.1) is 0 Å². The van der Waals surface area contributed by atoms with Crippen LogP contribution in [0.3, 0.4) is 0 Å². The first kappa shape index (κ1) is 14.1. The van der Waals surface area contributed by atoms with Gasteiger partial charge in [-0.05, 0) is 23.8 Å². The Morgan fingerprint density at radius 1 is 0.870 bits per heavy atom. The van der Waals surface area contributed by atoms with E-state index in [1.54, 1.807) is 12.3 Å². The monoisotopic (exact) mass is 316 g/mol. The minimum atomic E-state index is -4.40. The van der Waals surface area contributed by atoms with Crippen LogP contribution in [-0.4, -0.2) is 9.97 Å². The SMILES string of the molecule is FC(F)(F)c1ccccc1[C@H]1O[C@@H]1c1cnc2ccccc2n1. The number of ether oxygens (including phenoxy) is 1. The molecule has 116 valence electrons. The maximum Gasteiger partial charge on any atom is 0.416 e. The van der Waals surface area contributed by atoms with Gasteiger partial charge in [0.15, 0.2) is 0 Å². The van der Waals surface area contributed by atoms with Crippen molar-refractivity contribution in [3.05, 3.63) is 71.5 Å². The fraction of sp³-hybridized carbons (Fsp3) is 0.176. The average molecular weight is 316 g/mol. The number of hydrogen-bond acceptors (Lipinski definition) is 3. The lowest BCUT2D eigenvalue weighted by molar-refractivity contribution is -0.138. The minimum Gasteiger partial charge on any atom is -0.358 e. The van der Waals surface area contributed by atoms with Crippen molar-refractivity contribution in [2.75, 3.05) is 0 Å². The van der Waals surface area contributed by atoms with Crippen LogP contribution in [0, 0.1) is 0 Å². The van der Waals surface area contributed by atoms with Gasteiger partial charge in [0.1, 0.15) is 12.2 Å². The van der Waals surface area contributed by atoms with Crippen molar-refractivity contribution in [1.82, 2.24) is 9.97 Å². The number of alkyl halides is 3. The molecule has 0 radical (unpaired) electrons. The van der Waals surface area contributed by atoms with Crippen molar-refractivity contribution < 1.29 is 17.9 Å². The number of aromatic nitrogens is 2. The predicted molar refractivity (Wildman–Crippen MR) is 77.5 cm³/mol. The van der Waals surface area contributed by atoms with Crippen molar-refractivity contribution >= 4 is 11.0 Å². The van der Waals surface area contributed by atoms with Crippen molar-refractivity contribution in [3.63, 3.8) is 0 Å². The summed E-state index contributed by atoms with van der Waals surface area (Å²) in [6, 6.07) is 12.8. The molecule has 1 aliphatic heterocycles. The molecule has 2 aromatic carbocycles. The summed E-state index contributed by atoms with van der Waals surface area (Å²) in [7, 11) is 0. The second-order valence-electron chi connectivity index (χ2n) is 5.35. The van der Waals surface area contributed by atoms with Crippen molar-refractivity contribution in [2.24, 2.45) is 0 Å². The van der Waals surface area contributed by atoms with E-state index >= 15 is 0 Å². The second kappa shape index (κ2) is 5.03. The van der Waals surface area contributed by atoms with Gasteiger partial charge in [-0.2, -0.15) is 13.2 Å². The van der Waals surface area contributed by atoms with Gasteiger partial charge in [0.25, 0.3) is 0 Å². The Morgan fingerprint density at radius 3 is 2.35 bits per heavy atom. The van der Waals surface area contributed by atoms with E-state index in [0.717, 1.165) is 11.6 Å². The Morgan fingerprint density at radius 2 is 1.57 bits per heavy atom. The molecule has 4 rings (SSSR count). The molecule has 0 N–H and O–H groups in total. The maximum atomic E-state index is 13.1. The summed E-state index contributed by atoms with van der Waals surface area (Å²) in [6.07, 6.45) is -3.97. The zero-order valence-corrected chi connectivity index (χ0v) is 11.8. The molecule has 2 heterocycles. The molecular weight excluding hydrogens is 305 g/mol. The van der Waals surface area contributed by atoms with Crippen molar-refractivity contribution in [1.29, 1.82) is 0 Å². The zero-order chi connectivity index (χ0) is 16.0. The molecule has 3 aromatic rings. The first-order valence-corrected chi connectivity index (χ1v) is 7.07. The second-order valence-corrected chi connectivity index (χ2v) is 5.35. The van der Waals surface area contributed by atoms with Crippen LogP contribution < -0.4 is 0 Å². The standard InChI is InChI=1S/C17H11F3N2O/c18-17(19,20)11-6-2-1-5-10(11)15-16(23-15)14-9-21-12-7-3-4-8-13(12)22-14/h1-9,15-16H/t15-,16-/m1/s1. The van der Waals surface area contributed by atoms with Gasteiger partial charge in [0.2, 0.25) is 0 Å². The van der Waals surface area contributed by atoms with E-state index < -0.39 is 23.9 Å². The molecule has 0 unspecified atom stereocenters. The summed E-state index contributed by atoms with van der Waals surface area (Å²) in [4.78, 5) is 8.71. The molecular formula is C17H11F3N2O. The Kier molecular flexibility index (Phi) is 3.09. The molecule has 0 saturated carbocycles. The van der Waals surface area contributed by atoms with Gasteiger partial charge < -0.3 is 4.74 Å². The summed E-state index contributed by atoms with van der Waals surface area (Å²) in [5.74, 6) is 0. The number of epoxide rings is 1. The average Bonchev–Trinajstić information content (AvgIpc) is 3.34. The summed E-state index contributed by atoms with van der Waals surface area (Å²) in [5, 5.41) is 0. The van der Waals surface area contributed by atoms with Crippen LogP contribution in [-0.2, 0) is 10.9 Å². The molecule has 1 aliphatic rings. The molecule has 23 heavy (non-hydrogen) atoms. The van der Waals surface area contributed by atoms with Crippen LogP contribution >= 0.6 is 0 Å². The number of hydrogen-bond donors (Lipinski definition) is 0. The summed E-state index contributed by atoms with van der Waals surface area (Å²) < 4.78 is 44.7. The van der Waals surface area contributed by atoms with E-state index in [1.165, 1.54) is 12.1 Å². The van der Waals surface area contributed by atoms with Crippen molar-refractivity contribution in [3.8, 4) is 0 Å². The molecule has 3 nitrogen and oxygen atoms in total. The number of para-hydroxylation sites is 2. The van der Waals surface area contributed by atoms with E-state index in [9.17, 15) is 13.2 Å². The highest BCUT2D eigenvalue weighted by molar-refractivity contribution is 5.73. The fourth-order valence-electron chi connectivity index (χ4n) is 2.69. The minimum absolute atomic E-state index is 0.139. The highest BCUT2D eigenvalue weighted by Gasteiger charge is 2.47. The summed E-state index contributed by atoms with van der Waals surface area (Å²) in [6.45, 7) is 0. The lowest BCUT2D eigenvalue weighted by Crippen LogP contribution is -2.08. The molecule has 2 atom stereocenters. The predicted octanol–water partition coefficient (Wildman–Crippen LogP) is 4.46. The van der Waals surface area contributed by atoms with Gasteiger partial charge in [-0.25, -0.2) is 4.98 Å². The largest absolute Gasteiger partial charge is 0.416 e. The zero-order valence-electron chi connectivity index (χ0n) is 11.8. The molecule has 1 fully saturated rings. The maximum absolute atomic E-state index is 13.1. The Balaban J connectivity index is 1.67. The molecule has 1 saturated heterocycles. The molecule has 0 bridgehead atoms. The first-order valence-electron chi connectivity index (χ1n) is 7.07. The molecule has 0 spiro atoms. The van der Waals surface area contributed by atoms with Gasteiger partial charge in [-0.1, -0.05) is 30.3 Å². The Hall–Kier alpha value is -2.47. The van der Waals surface area contributed by atoms with Crippen LogP contribution in [0.1, 0.15) is 29.0 Å². The molecule has 0 aliphatic carbocycles. The highest BCUT2D eigenvalue weighted by Crippen LogP contribution is 2.53. The van der Waals surface area contributed by atoms with Crippen LogP contribution in [0.4, 0.5) is 13.2 Å². The van der Waals surface area contributed by atoms with Gasteiger partial charge in [-0.3, -0.25) is 4.98 Å². The van der Waals surface area contributed by atoms with E-state index in [1.807, 2.05) is 24.3 Å². The quantitative estimate of drug-likeness (QED) is 0.655. The third kappa shape index (κ3) is 2.55. The van der Waals surface area contributed by atoms with Crippen LogP contribution in [0.5, 0.6) is 0 Å². The number of fused-ring (bicyclic) bond motifs is 1. The molecule has 1 aromatic heterocycles. The third-order valence-corrected chi connectivity index (χ3v) is 3.82. The van der Waals surface area contributed by atoms with Gasteiger partial charge in [0, 0.05) is 0 Å². The Bertz CT molecular complexity index is 879. The van der Waals surface area contributed by atoms with Crippen LogP contribution in [0.15, 0.2) is 54.7 Å². The summed E-state index contributed by atoms with van der Waals surface area (Å²) >= 11 is 0. The number of benzene rings is 2. The van der Waals surface area contributed by atoms with Gasteiger partial charge >= 0.3 is 6.18 Å².